The lowest BCUT2D eigenvalue weighted by Crippen LogP contribution is -2.63. The Morgan fingerprint density at radius 3 is 1.83 bits per heavy atom. The van der Waals surface area contributed by atoms with Gasteiger partial charge in [-0.25, -0.2) is 0 Å². The molecule has 6 nitrogen and oxygen atoms in total. The number of hydrogen-bond donors (Lipinski definition) is 0. The third-order valence-electron chi connectivity index (χ3n) is 16.4. The summed E-state index contributed by atoms with van der Waals surface area (Å²) in [6.07, 6.45) is 6.42. The summed E-state index contributed by atoms with van der Waals surface area (Å²) < 4.78 is 2.68. The van der Waals surface area contributed by atoms with E-state index in [1.807, 2.05) is 0 Å². The predicted molar refractivity (Wildman–Crippen MR) is 287 cm³/mol. The van der Waals surface area contributed by atoms with E-state index in [0.29, 0.717) is 0 Å². The molecular weight excluding hydrogens is 838 g/mol. The molecule has 0 spiro atoms. The molecule has 0 radical (unpaired) electrons. The minimum Gasteiger partial charge on any atom is -0.376 e. The standard InChI is InChI=1S/C61H38B2N6/c1-33-28-34(2)59(35(3)29-33)67-50-31-64-30-45-41-21-11-19-39-40-20-12-22-44-53-57(63(55(45)50)69(60(39)41)61(40)44)51(67)32-65-58(53)43-26-27-49-56-52(43)42-17-8-10-24-47(42)68-46-23-9-7-16-37(46)38-18-13-25-48(54(38)62(56)68)66(49)36-14-5-4-6-15-36/h4-32H,1-3H3. The maximum absolute atomic E-state index is 5.84. The van der Waals surface area contributed by atoms with Crippen molar-refractivity contribution in [1.29, 1.82) is 0 Å². The topological polar surface area (TPSA) is 40.4 Å². The fourth-order valence-corrected chi connectivity index (χ4v) is 14.2. The fourth-order valence-electron chi connectivity index (χ4n) is 14.2. The van der Waals surface area contributed by atoms with E-state index in [1.165, 1.54) is 133 Å². The number of nitrogens with zero attached hydrogens (tertiary/aromatic N) is 6. The summed E-state index contributed by atoms with van der Waals surface area (Å²) in [6, 6.07) is 59.2. The monoisotopic (exact) mass is 876 g/mol. The van der Waals surface area contributed by atoms with Gasteiger partial charge in [0.05, 0.1) is 35.1 Å². The summed E-state index contributed by atoms with van der Waals surface area (Å²) in [5, 5.41) is 2.56. The molecule has 0 saturated carbocycles. The van der Waals surface area contributed by atoms with E-state index in [-0.39, 0.29) is 13.7 Å². The second-order valence-corrected chi connectivity index (χ2v) is 19.8. The van der Waals surface area contributed by atoms with Gasteiger partial charge in [0.25, 0.3) is 0 Å². The van der Waals surface area contributed by atoms with Gasteiger partial charge in [0, 0.05) is 95.4 Å². The summed E-state index contributed by atoms with van der Waals surface area (Å²) in [4.78, 5) is 18.5. The van der Waals surface area contributed by atoms with Crippen molar-refractivity contribution in [3.63, 3.8) is 0 Å². The van der Waals surface area contributed by atoms with Gasteiger partial charge < -0.3 is 19.1 Å². The van der Waals surface area contributed by atoms with Crippen LogP contribution in [0, 0.1) is 20.8 Å². The van der Waals surface area contributed by atoms with Crippen molar-refractivity contribution in [1.82, 2.24) is 14.4 Å². The van der Waals surface area contributed by atoms with Crippen molar-refractivity contribution in [2.45, 2.75) is 20.8 Å². The first-order valence-electron chi connectivity index (χ1n) is 24.1. The van der Waals surface area contributed by atoms with Gasteiger partial charge in [0.2, 0.25) is 0 Å². The Labute approximate surface area is 399 Å². The van der Waals surface area contributed by atoms with E-state index in [9.17, 15) is 0 Å². The first-order chi connectivity index (χ1) is 34.0. The number of aromatic nitrogens is 3. The molecule has 9 heterocycles. The average Bonchev–Trinajstić information content (AvgIpc) is 3.73. The SMILES string of the molecule is Cc1cc(C)c(N2c3cncc4c3B3c5c2cnc(-c2ccc6c7c2-c2ccccc2N2B7c7c(cccc7N6c6ccccc6)-c6ccccc62)c5-c2cccc5c6cccc-4c6n3c25)c(C)c1. The molecule has 17 rings (SSSR count). The lowest BCUT2D eigenvalue weighted by molar-refractivity contribution is 1.15. The Kier molecular flexibility index (Phi) is 6.60. The van der Waals surface area contributed by atoms with Gasteiger partial charge in [-0.05, 0) is 101 Å². The molecule has 6 aliphatic heterocycles. The number of para-hydroxylation sites is 5. The highest BCUT2D eigenvalue weighted by Gasteiger charge is 2.52. The van der Waals surface area contributed by atoms with Gasteiger partial charge in [-0.15, -0.1) is 0 Å². The number of fused-ring (bicyclic) bond motifs is 9. The van der Waals surface area contributed by atoms with Crippen LogP contribution in [0.1, 0.15) is 16.7 Å². The summed E-state index contributed by atoms with van der Waals surface area (Å²) in [6.45, 7) is 6.57. The molecule has 8 heteroatoms. The van der Waals surface area contributed by atoms with Crippen molar-refractivity contribution in [3.05, 3.63) is 193 Å². The maximum atomic E-state index is 5.84. The highest BCUT2D eigenvalue weighted by Crippen LogP contribution is 2.56. The predicted octanol–water partition coefficient (Wildman–Crippen LogP) is 12.3. The summed E-state index contributed by atoms with van der Waals surface area (Å²) >= 11 is 0. The van der Waals surface area contributed by atoms with Crippen LogP contribution in [-0.2, 0) is 0 Å². The van der Waals surface area contributed by atoms with E-state index in [2.05, 4.69) is 216 Å². The van der Waals surface area contributed by atoms with Crippen LogP contribution in [0.25, 0.3) is 77.6 Å². The molecule has 0 amide bonds. The third kappa shape index (κ3) is 4.22. The van der Waals surface area contributed by atoms with Gasteiger partial charge in [0.15, 0.2) is 0 Å². The molecule has 318 valence electrons. The summed E-state index contributed by atoms with van der Waals surface area (Å²) in [5.74, 6) is 0. The second-order valence-electron chi connectivity index (χ2n) is 19.8. The smallest absolute Gasteiger partial charge is 0.334 e. The number of aryl methyl sites for hydroxylation is 3. The molecule has 0 atom stereocenters. The Hall–Kier alpha value is -8.61. The molecule has 0 saturated heterocycles. The number of pyridine rings is 2. The van der Waals surface area contributed by atoms with Crippen LogP contribution < -0.4 is 36.5 Å². The van der Waals surface area contributed by atoms with Gasteiger partial charge in [0.1, 0.15) is 0 Å². The molecular formula is C61H38B2N6. The van der Waals surface area contributed by atoms with E-state index >= 15 is 0 Å². The highest BCUT2D eigenvalue weighted by atomic mass is 15.2. The molecule has 0 bridgehead atoms. The molecule has 11 aromatic rings. The molecule has 0 unspecified atom stereocenters. The van der Waals surface area contributed by atoms with E-state index in [0.717, 1.165) is 28.3 Å². The maximum Gasteiger partial charge on any atom is 0.334 e. The van der Waals surface area contributed by atoms with E-state index in [4.69, 9.17) is 9.97 Å². The van der Waals surface area contributed by atoms with Crippen molar-refractivity contribution in [3.8, 4) is 55.8 Å². The molecule has 0 fully saturated rings. The zero-order chi connectivity index (χ0) is 45.1. The van der Waals surface area contributed by atoms with Crippen molar-refractivity contribution < 1.29 is 0 Å². The Morgan fingerprint density at radius 1 is 0.406 bits per heavy atom. The first-order valence-corrected chi connectivity index (χ1v) is 24.1. The minimum absolute atomic E-state index is 0.0625. The van der Waals surface area contributed by atoms with Crippen LogP contribution in [0.15, 0.2) is 176 Å². The minimum atomic E-state index is -0.0773. The molecule has 0 aliphatic carbocycles. The van der Waals surface area contributed by atoms with Gasteiger partial charge in [-0.1, -0.05) is 127 Å². The van der Waals surface area contributed by atoms with E-state index in [1.54, 1.807) is 0 Å². The Balaban J connectivity index is 1.04. The molecule has 3 aromatic heterocycles. The molecule has 6 aliphatic rings. The number of rotatable bonds is 3. The zero-order valence-corrected chi connectivity index (χ0v) is 38.1. The molecule has 0 N–H and O–H groups in total. The third-order valence-corrected chi connectivity index (χ3v) is 16.4. The number of anilines is 8. The van der Waals surface area contributed by atoms with Gasteiger partial charge >= 0.3 is 13.7 Å². The van der Waals surface area contributed by atoms with Crippen LogP contribution in [0.5, 0.6) is 0 Å². The summed E-state index contributed by atoms with van der Waals surface area (Å²) in [7, 11) is 0. The highest BCUT2D eigenvalue weighted by molar-refractivity contribution is 6.95. The number of benzene rings is 8. The van der Waals surface area contributed by atoms with Crippen LogP contribution in [0.4, 0.5) is 45.5 Å². The normalized spacial score (nSPS) is 14.2. The van der Waals surface area contributed by atoms with Crippen LogP contribution in [0.3, 0.4) is 0 Å². The van der Waals surface area contributed by atoms with Crippen molar-refractivity contribution in [2.75, 3.05) is 14.6 Å². The second kappa shape index (κ2) is 12.5. The lowest BCUT2D eigenvalue weighted by Gasteiger charge is -2.49. The zero-order valence-electron chi connectivity index (χ0n) is 38.1. The van der Waals surface area contributed by atoms with Crippen LogP contribution in [0.2, 0.25) is 0 Å². The van der Waals surface area contributed by atoms with E-state index < -0.39 is 0 Å². The summed E-state index contributed by atoms with van der Waals surface area (Å²) in [5.41, 5.74) is 33.0. The first kappa shape index (κ1) is 36.5. The largest absolute Gasteiger partial charge is 0.376 e. The molecule has 8 aromatic carbocycles. The van der Waals surface area contributed by atoms with Crippen LogP contribution in [-0.4, -0.2) is 28.1 Å². The van der Waals surface area contributed by atoms with Gasteiger partial charge in [-0.3, -0.25) is 9.97 Å². The average molecular weight is 877 g/mol. The lowest BCUT2D eigenvalue weighted by atomic mass is 9.40. The molecule has 69 heavy (non-hydrogen) atoms. The van der Waals surface area contributed by atoms with Crippen molar-refractivity contribution >= 4 is 103 Å². The number of hydrogen-bond acceptors (Lipinski definition) is 5. The quantitative estimate of drug-likeness (QED) is 0.165. The Bertz CT molecular complexity index is 4210. The van der Waals surface area contributed by atoms with Gasteiger partial charge in [-0.2, -0.15) is 0 Å². The Morgan fingerprint density at radius 2 is 1.01 bits per heavy atom. The van der Waals surface area contributed by atoms with Crippen LogP contribution >= 0.6 is 0 Å². The van der Waals surface area contributed by atoms with Crippen molar-refractivity contribution in [2.24, 2.45) is 0 Å². The fraction of sp³-hybridized carbons (Fsp3) is 0.0492.